The normalized spacial score (nSPS) is 12.8. The summed E-state index contributed by atoms with van der Waals surface area (Å²) in [5.74, 6) is 6.21. The van der Waals surface area contributed by atoms with Gasteiger partial charge in [-0.15, -0.1) is 0 Å². The molecule has 0 aliphatic carbocycles. The minimum Gasteiger partial charge on any atom is -0.267 e. The van der Waals surface area contributed by atoms with Crippen LogP contribution in [0.5, 0.6) is 0 Å². The Balaban J connectivity index is 1.39. The van der Waals surface area contributed by atoms with Gasteiger partial charge in [0.2, 0.25) is 0 Å². The summed E-state index contributed by atoms with van der Waals surface area (Å²) < 4.78 is 0. The lowest BCUT2D eigenvalue weighted by atomic mass is 10.2. The fourth-order valence-corrected chi connectivity index (χ4v) is 5.93. The van der Waals surface area contributed by atoms with Crippen molar-refractivity contribution in [2.75, 3.05) is 9.80 Å². The first kappa shape index (κ1) is 19.0. The Morgan fingerprint density at radius 1 is 0.406 bits per heavy atom. The minimum atomic E-state index is 1.09. The number of anilines is 4. The smallest absolute Gasteiger partial charge is 0.0685 e. The van der Waals surface area contributed by atoms with E-state index in [0.29, 0.717) is 0 Å². The molecule has 0 fully saturated rings. The third-order valence-corrected chi connectivity index (χ3v) is 7.52. The molecule has 4 heteroatoms. The van der Waals surface area contributed by atoms with Crippen LogP contribution in [0.1, 0.15) is 0 Å². The molecule has 0 unspecified atom stereocenters. The van der Waals surface area contributed by atoms with Gasteiger partial charge >= 0.3 is 0 Å². The van der Waals surface area contributed by atoms with Gasteiger partial charge < -0.3 is 0 Å². The van der Waals surface area contributed by atoms with Gasteiger partial charge in [-0.05, 0) is 48.5 Å². The standard InChI is InChI=1S/C28H16N2S2/c1-5-15-25-21(11-1)29(22-12-2-6-16-26(22)31-25)19-9-10-20-30-23-13-3-7-17-27(23)32-28-18-8-4-14-24(28)30/h1-8,11-18H. The van der Waals surface area contributed by atoms with Crippen molar-refractivity contribution in [1.82, 2.24) is 0 Å². The summed E-state index contributed by atoms with van der Waals surface area (Å²) in [6.45, 7) is 0. The Labute approximate surface area is 196 Å². The molecular formula is C28H16N2S2. The van der Waals surface area contributed by atoms with Crippen LogP contribution in [0.4, 0.5) is 22.7 Å². The molecular weight excluding hydrogens is 428 g/mol. The van der Waals surface area contributed by atoms with Crippen molar-refractivity contribution in [2.45, 2.75) is 19.6 Å². The molecule has 0 radical (unpaired) electrons. The molecule has 2 aliphatic rings. The predicted octanol–water partition coefficient (Wildman–Crippen LogP) is 7.51. The highest BCUT2D eigenvalue weighted by atomic mass is 32.2. The molecule has 0 aromatic heterocycles. The first-order chi connectivity index (χ1) is 15.9. The maximum Gasteiger partial charge on any atom is 0.0685 e. The average molecular weight is 445 g/mol. The monoisotopic (exact) mass is 444 g/mol. The second kappa shape index (κ2) is 8.09. The number of para-hydroxylation sites is 4. The Hall–Kier alpha value is -3.70. The van der Waals surface area contributed by atoms with Crippen molar-refractivity contribution >= 4 is 46.3 Å². The first-order valence-corrected chi connectivity index (χ1v) is 11.9. The molecule has 0 atom stereocenters. The largest absolute Gasteiger partial charge is 0.267 e. The van der Waals surface area contributed by atoms with Crippen molar-refractivity contribution < 1.29 is 0 Å². The zero-order valence-electron chi connectivity index (χ0n) is 16.9. The molecule has 4 aromatic rings. The summed E-state index contributed by atoms with van der Waals surface area (Å²) in [6.07, 6.45) is 0. The van der Waals surface area contributed by atoms with Gasteiger partial charge in [0.1, 0.15) is 0 Å². The molecule has 32 heavy (non-hydrogen) atoms. The van der Waals surface area contributed by atoms with Crippen molar-refractivity contribution in [3.63, 3.8) is 0 Å². The summed E-state index contributed by atoms with van der Waals surface area (Å²) in [7, 11) is 0. The van der Waals surface area contributed by atoms with E-state index in [-0.39, 0.29) is 0 Å². The summed E-state index contributed by atoms with van der Waals surface area (Å²) in [5, 5.41) is 0. The van der Waals surface area contributed by atoms with Crippen LogP contribution in [0.25, 0.3) is 0 Å². The summed E-state index contributed by atoms with van der Waals surface area (Å²) in [5.41, 5.74) is 4.37. The lowest BCUT2D eigenvalue weighted by Crippen LogP contribution is -2.14. The van der Waals surface area contributed by atoms with E-state index in [1.54, 1.807) is 23.5 Å². The molecule has 2 aliphatic heterocycles. The Morgan fingerprint density at radius 3 is 1.00 bits per heavy atom. The van der Waals surface area contributed by atoms with Crippen LogP contribution in [0, 0.1) is 23.9 Å². The van der Waals surface area contributed by atoms with E-state index in [9.17, 15) is 0 Å². The van der Waals surface area contributed by atoms with E-state index in [4.69, 9.17) is 0 Å². The molecule has 0 spiro atoms. The zero-order valence-corrected chi connectivity index (χ0v) is 18.6. The fraction of sp³-hybridized carbons (Fsp3) is 0. The Morgan fingerprint density at radius 2 is 0.688 bits per heavy atom. The molecule has 0 N–H and O–H groups in total. The third kappa shape index (κ3) is 3.31. The molecule has 6 rings (SSSR count). The van der Waals surface area contributed by atoms with Crippen LogP contribution < -0.4 is 9.80 Å². The summed E-state index contributed by atoms with van der Waals surface area (Å²) in [6, 6.07) is 40.0. The van der Waals surface area contributed by atoms with Gasteiger partial charge in [0, 0.05) is 43.5 Å². The number of hydrogen-bond acceptors (Lipinski definition) is 4. The van der Waals surface area contributed by atoms with Gasteiger partial charge in [0.15, 0.2) is 0 Å². The van der Waals surface area contributed by atoms with Crippen LogP contribution in [-0.4, -0.2) is 0 Å². The second-order valence-corrected chi connectivity index (χ2v) is 9.39. The number of benzene rings is 4. The van der Waals surface area contributed by atoms with E-state index in [1.807, 2.05) is 34.1 Å². The number of fused-ring (bicyclic) bond motifs is 4. The van der Waals surface area contributed by atoms with E-state index in [1.165, 1.54) is 19.6 Å². The summed E-state index contributed by atoms with van der Waals surface area (Å²) >= 11 is 3.55. The van der Waals surface area contributed by atoms with Crippen LogP contribution in [0.15, 0.2) is 117 Å². The number of rotatable bonds is 0. The number of hydrogen-bond donors (Lipinski definition) is 0. The third-order valence-electron chi connectivity index (χ3n) is 5.26. The molecule has 0 amide bonds. The van der Waals surface area contributed by atoms with Crippen LogP contribution in [0.3, 0.4) is 0 Å². The van der Waals surface area contributed by atoms with Gasteiger partial charge in [-0.2, -0.15) is 0 Å². The predicted molar refractivity (Wildman–Crippen MR) is 134 cm³/mol. The molecule has 2 nitrogen and oxygen atoms in total. The average Bonchev–Trinajstić information content (AvgIpc) is 2.85. The highest BCUT2D eigenvalue weighted by molar-refractivity contribution is 8.00. The fourth-order valence-electron chi connectivity index (χ4n) is 3.82. The molecule has 150 valence electrons. The maximum absolute atomic E-state index is 3.29. The SMILES string of the molecule is C(C#CN1c2ccccc2Sc2ccccc21)#CN1c2ccccc2Sc2ccccc21. The van der Waals surface area contributed by atoms with E-state index in [0.717, 1.165) is 22.7 Å². The molecule has 0 saturated carbocycles. The first-order valence-electron chi connectivity index (χ1n) is 10.2. The van der Waals surface area contributed by atoms with Crippen LogP contribution in [-0.2, 0) is 0 Å². The van der Waals surface area contributed by atoms with Gasteiger partial charge in [0.25, 0.3) is 0 Å². The lowest BCUT2D eigenvalue weighted by Gasteiger charge is -2.27. The molecule has 2 heterocycles. The van der Waals surface area contributed by atoms with Crippen molar-refractivity contribution in [2.24, 2.45) is 0 Å². The minimum absolute atomic E-state index is 1.09. The zero-order chi connectivity index (χ0) is 21.3. The quantitative estimate of drug-likeness (QED) is 0.259. The maximum atomic E-state index is 3.29. The summed E-state index contributed by atoms with van der Waals surface area (Å²) in [4.78, 5) is 8.88. The highest BCUT2D eigenvalue weighted by Crippen LogP contribution is 2.48. The topological polar surface area (TPSA) is 6.48 Å². The van der Waals surface area contributed by atoms with Gasteiger partial charge in [-0.25, -0.2) is 0 Å². The second-order valence-electron chi connectivity index (χ2n) is 7.22. The highest BCUT2D eigenvalue weighted by Gasteiger charge is 2.22. The molecule has 4 aromatic carbocycles. The van der Waals surface area contributed by atoms with Crippen LogP contribution in [0.2, 0.25) is 0 Å². The van der Waals surface area contributed by atoms with E-state index in [2.05, 4.69) is 96.7 Å². The van der Waals surface area contributed by atoms with Crippen LogP contribution >= 0.6 is 23.5 Å². The van der Waals surface area contributed by atoms with Crippen molar-refractivity contribution in [3.8, 4) is 23.9 Å². The molecule has 0 bridgehead atoms. The van der Waals surface area contributed by atoms with Crippen molar-refractivity contribution in [3.05, 3.63) is 97.1 Å². The van der Waals surface area contributed by atoms with Crippen molar-refractivity contribution in [1.29, 1.82) is 0 Å². The number of nitrogens with zero attached hydrogens (tertiary/aromatic N) is 2. The van der Waals surface area contributed by atoms with E-state index < -0.39 is 0 Å². The lowest BCUT2D eigenvalue weighted by molar-refractivity contribution is 1.19. The Bertz CT molecular complexity index is 1270. The Kier molecular flexibility index (Phi) is 4.81. The van der Waals surface area contributed by atoms with Gasteiger partial charge in [-0.1, -0.05) is 72.1 Å². The van der Waals surface area contributed by atoms with E-state index >= 15 is 0 Å². The van der Waals surface area contributed by atoms with Gasteiger partial charge in [-0.3, -0.25) is 9.80 Å². The molecule has 0 saturated heterocycles. The van der Waals surface area contributed by atoms with Gasteiger partial charge in [0.05, 0.1) is 22.7 Å².